The molecule has 2 nitrogen and oxygen atoms in total. The van der Waals surface area contributed by atoms with Gasteiger partial charge in [-0.15, -0.1) is 0 Å². The maximum absolute atomic E-state index is 11.2. The molecule has 0 N–H and O–H groups in total. The van der Waals surface area contributed by atoms with Crippen LogP contribution in [0, 0.1) is 11.8 Å². The molecule has 1 amide bonds. The van der Waals surface area contributed by atoms with Crippen LogP contribution in [0.1, 0.15) is 32.6 Å². The van der Waals surface area contributed by atoms with Gasteiger partial charge in [-0.3, -0.25) is 4.79 Å². The molecular weight excluding hydrogens is 150 g/mol. The summed E-state index contributed by atoms with van der Waals surface area (Å²) in [5.74, 6) is 1.91. The predicted molar refractivity (Wildman–Crippen MR) is 47.7 cm³/mol. The first-order valence-electron chi connectivity index (χ1n) is 5.01. The Bertz CT molecular complexity index is 178. The van der Waals surface area contributed by atoms with E-state index in [1.165, 1.54) is 25.7 Å². The van der Waals surface area contributed by atoms with Crippen LogP contribution in [-0.2, 0) is 4.79 Å². The van der Waals surface area contributed by atoms with Gasteiger partial charge in [0.25, 0.3) is 0 Å². The largest absolute Gasteiger partial charge is 0.342 e. The van der Waals surface area contributed by atoms with E-state index in [-0.39, 0.29) is 5.91 Å². The normalized spacial score (nSPS) is 34.9. The van der Waals surface area contributed by atoms with Crippen molar-refractivity contribution < 1.29 is 4.79 Å². The molecule has 0 spiro atoms. The average molecular weight is 167 g/mol. The van der Waals surface area contributed by atoms with Crippen LogP contribution < -0.4 is 0 Å². The number of nitrogens with zero attached hydrogens (tertiary/aromatic N) is 1. The lowest BCUT2D eigenvalue weighted by Crippen LogP contribution is -2.44. The van der Waals surface area contributed by atoms with Gasteiger partial charge in [0.15, 0.2) is 0 Å². The fourth-order valence-electron chi connectivity index (χ4n) is 2.69. The van der Waals surface area contributed by atoms with E-state index in [9.17, 15) is 4.79 Å². The maximum Gasteiger partial charge on any atom is 0.219 e. The second-order valence-corrected chi connectivity index (χ2v) is 4.32. The summed E-state index contributed by atoms with van der Waals surface area (Å²) in [6.07, 6.45) is 5.46. The number of rotatable bonds is 0. The van der Waals surface area contributed by atoms with Crippen LogP contribution >= 0.6 is 0 Å². The molecule has 1 heterocycles. The van der Waals surface area contributed by atoms with Crippen molar-refractivity contribution in [2.24, 2.45) is 11.8 Å². The highest BCUT2D eigenvalue weighted by Crippen LogP contribution is 2.34. The van der Waals surface area contributed by atoms with E-state index in [4.69, 9.17) is 0 Å². The summed E-state index contributed by atoms with van der Waals surface area (Å²) in [6.45, 7) is 3.76. The fourth-order valence-corrected chi connectivity index (χ4v) is 2.69. The molecule has 1 aliphatic carbocycles. The number of likely N-dealkylation sites (tertiary alicyclic amines) is 1. The third-order valence-electron chi connectivity index (χ3n) is 3.29. The van der Waals surface area contributed by atoms with Crippen molar-refractivity contribution in [2.75, 3.05) is 13.1 Å². The van der Waals surface area contributed by atoms with Crippen LogP contribution in [-0.4, -0.2) is 23.9 Å². The van der Waals surface area contributed by atoms with Crippen molar-refractivity contribution in [1.29, 1.82) is 0 Å². The minimum atomic E-state index is 0.270. The molecule has 2 heteroatoms. The number of carbonyl (C=O) groups is 1. The average Bonchev–Trinajstić information content (AvgIpc) is 2.03. The zero-order valence-electron chi connectivity index (χ0n) is 7.75. The smallest absolute Gasteiger partial charge is 0.219 e. The predicted octanol–water partition coefficient (Wildman–Crippen LogP) is 1.65. The molecule has 68 valence electrons. The molecule has 12 heavy (non-hydrogen) atoms. The summed E-state index contributed by atoms with van der Waals surface area (Å²) in [5, 5.41) is 0. The van der Waals surface area contributed by atoms with E-state index in [1.807, 2.05) is 4.90 Å². The number of fused-ring (bicyclic) bond motifs is 2. The van der Waals surface area contributed by atoms with Crippen LogP contribution in [0.25, 0.3) is 0 Å². The molecule has 0 radical (unpaired) electrons. The third kappa shape index (κ3) is 1.47. The Hall–Kier alpha value is -0.530. The second-order valence-electron chi connectivity index (χ2n) is 4.32. The van der Waals surface area contributed by atoms with Gasteiger partial charge in [-0.05, 0) is 31.1 Å². The minimum absolute atomic E-state index is 0.270. The molecule has 1 aliphatic heterocycles. The summed E-state index contributed by atoms with van der Waals surface area (Å²) >= 11 is 0. The van der Waals surface area contributed by atoms with E-state index >= 15 is 0 Å². The monoisotopic (exact) mass is 167 g/mol. The lowest BCUT2D eigenvalue weighted by Gasteiger charge is -2.40. The zero-order chi connectivity index (χ0) is 8.55. The standard InChI is InChI=1S/C10H17NO/c1-8(12)11-6-9-3-2-4-10(5-9)7-11/h9-10H,2-7H2,1H3. The number of amides is 1. The molecule has 2 aliphatic rings. The highest BCUT2D eigenvalue weighted by molar-refractivity contribution is 5.73. The van der Waals surface area contributed by atoms with E-state index in [0.29, 0.717) is 0 Å². The van der Waals surface area contributed by atoms with Gasteiger partial charge in [-0.25, -0.2) is 0 Å². The Balaban J connectivity index is 2.00. The van der Waals surface area contributed by atoms with Crippen LogP contribution in [0.2, 0.25) is 0 Å². The van der Waals surface area contributed by atoms with E-state index < -0.39 is 0 Å². The zero-order valence-corrected chi connectivity index (χ0v) is 7.75. The van der Waals surface area contributed by atoms with Gasteiger partial charge >= 0.3 is 0 Å². The summed E-state index contributed by atoms with van der Waals surface area (Å²) < 4.78 is 0. The van der Waals surface area contributed by atoms with Gasteiger partial charge in [-0.2, -0.15) is 0 Å². The summed E-state index contributed by atoms with van der Waals surface area (Å²) in [4.78, 5) is 13.2. The Kier molecular flexibility index (Phi) is 2.07. The highest BCUT2D eigenvalue weighted by atomic mass is 16.2. The van der Waals surface area contributed by atoms with Gasteiger partial charge in [0.1, 0.15) is 0 Å². The van der Waals surface area contributed by atoms with E-state index in [2.05, 4.69) is 0 Å². The van der Waals surface area contributed by atoms with Gasteiger partial charge in [-0.1, -0.05) is 6.42 Å². The number of hydrogen-bond donors (Lipinski definition) is 0. The summed E-state index contributed by atoms with van der Waals surface area (Å²) in [5.41, 5.74) is 0. The Labute approximate surface area is 73.9 Å². The van der Waals surface area contributed by atoms with Crippen LogP contribution in [0.3, 0.4) is 0 Å². The molecule has 2 atom stereocenters. The number of piperidine rings is 1. The highest BCUT2D eigenvalue weighted by Gasteiger charge is 2.31. The quantitative estimate of drug-likeness (QED) is 0.537. The van der Waals surface area contributed by atoms with Gasteiger partial charge in [0.2, 0.25) is 5.91 Å². The van der Waals surface area contributed by atoms with Gasteiger partial charge in [0.05, 0.1) is 0 Å². The molecule has 2 bridgehead atoms. The van der Waals surface area contributed by atoms with Gasteiger partial charge < -0.3 is 4.90 Å². The van der Waals surface area contributed by atoms with Crippen LogP contribution in [0.4, 0.5) is 0 Å². The van der Waals surface area contributed by atoms with Crippen molar-refractivity contribution >= 4 is 5.91 Å². The second kappa shape index (κ2) is 3.08. The van der Waals surface area contributed by atoms with Crippen LogP contribution in [0.15, 0.2) is 0 Å². The minimum Gasteiger partial charge on any atom is -0.342 e. The molecule has 2 fully saturated rings. The van der Waals surface area contributed by atoms with Crippen LogP contribution in [0.5, 0.6) is 0 Å². The van der Waals surface area contributed by atoms with Gasteiger partial charge in [0, 0.05) is 20.0 Å². The van der Waals surface area contributed by atoms with E-state index in [0.717, 1.165) is 24.9 Å². The van der Waals surface area contributed by atoms with Crippen molar-refractivity contribution in [3.05, 3.63) is 0 Å². The Morgan fingerprint density at radius 3 is 2.33 bits per heavy atom. The molecule has 2 unspecified atom stereocenters. The first kappa shape index (κ1) is 8.09. The Morgan fingerprint density at radius 2 is 1.83 bits per heavy atom. The lowest BCUT2D eigenvalue weighted by atomic mass is 9.78. The summed E-state index contributed by atoms with van der Waals surface area (Å²) in [7, 11) is 0. The molecule has 0 aromatic rings. The third-order valence-corrected chi connectivity index (χ3v) is 3.29. The molecule has 0 aromatic heterocycles. The van der Waals surface area contributed by atoms with E-state index in [1.54, 1.807) is 6.92 Å². The molecule has 1 saturated heterocycles. The summed E-state index contributed by atoms with van der Waals surface area (Å²) in [6, 6.07) is 0. The fraction of sp³-hybridized carbons (Fsp3) is 0.900. The number of hydrogen-bond acceptors (Lipinski definition) is 1. The first-order valence-corrected chi connectivity index (χ1v) is 5.01. The number of carbonyl (C=O) groups excluding carboxylic acids is 1. The van der Waals surface area contributed by atoms with Crippen molar-refractivity contribution in [3.8, 4) is 0 Å². The first-order chi connectivity index (χ1) is 5.75. The maximum atomic E-state index is 11.2. The lowest BCUT2D eigenvalue weighted by molar-refractivity contribution is -0.132. The SMILES string of the molecule is CC(=O)N1CC2CCCC(C2)C1. The topological polar surface area (TPSA) is 20.3 Å². The van der Waals surface area contributed by atoms with Crippen molar-refractivity contribution in [1.82, 2.24) is 4.90 Å². The molecular formula is C10H17NO. The molecule has 0 aromatic carbocycles. The Morgan fingerprint density at radius 1 is 1.25 bits per heavy atom. The molecule has 2 rings (SSSR count). The molecule has 1 saturated carbocycles. The van der Waals surface area contributed by atoms with Crippen molar-refractivity contribution in [3.63, 3.8) is 0 Å². The van der Waals surface area contributed by atoms with Crippen molar-refractivity contribution in [2.45, 2.75) is 32.6 Å².